The minimum atomic E-state index is -0.702. The minimum absolute atomic E-state index is 0.0553. The molecule has 0 saturated heterocycles. The zero-order valence-electron chi connectivity index (χ0n) is 21.7. The molecule has 0 aliphatic rings. The lowest BCUT2D eigenvalue weighted by molar-refractivity contribution is -0.143. The van der Waals surface area contributed by atoms with Gasteiger partial charge in [0.05, 0.1) is 4.47 Å². The number of hydrogen-bond donors (Lipinski definition) is 1. The highest BCUT2D eigenvalue weighted by molar-refractivity contribution is 9.10. The SMILES string of the molecule is CC(C)NC(=O)[C@@H](Cc1ccccc1)N(Cc1cccc(Br)c1)C(=O)COc1ccc(C(C)C)cc1Br. The van der Waals surface area contributed by atoms with Crippen LogP contribution in [0.15, 0.2) is 81.7 Å². The van der Waals surface area contributed by atoms with Crippen molar-refractivity contribution in [2.24, 2.45) is 0 Å². The van der Waals surface area contributed by atoms with E-state index in [9.17, 15) is 9.59 Å². The fourth-order valence-corrected chi connectivity index (χ4v) is 4.94. The van der Waals surface area contributed by atoms with E-state index in [1.54, 1.807) is 4.90 Å². The largest absolute Gasteiger partial charge is 0.483 e. The van der Waals surface area contributed by atoms with Gasteiger partial charge in [0.1, 0.15) is 11.8 Å². The van der Waals surface area contributed by atoms with Crippen LogP contribution in [0.25, 0.3) is 0 Å². The fraction of sp³-hybridized carbons (Fsp3) is 0.333. The zero-order chi connectivity index (χ0) is 26.9. The Balaban J connectivity index is 1.91. The van der Waals surface area contributed by atoms with Crippen LogP contribution in [0.3, 0.4) is 0 Å². The molecule has 196 valence electrons. The highest BCUT2D eigenvalue weighted by atomic mass is 79.9. The first-order valence-corrected chi connectivity index (χ1v) is 14.0. The number of nitrogens with zero attached hydrogens (tertiary/aromatic N) is 1. The number of rotatable bonds is 11. The number of hydrogen-bond acceptors (Lipinski definition) is 3. The third kappa shape index (κ3) is 8.71. The molecule has 0 bridgehead atoms. The molecule has 5 nitrogen and oxygen atoms in total. The predicted molar refractivity (Wildman–Crippen MR) is 156 cm³/mol. The third-order valence-electron chi connectivity index (χ3n) is 5.92. The highest BCUT2D eigenvalue weighted by Gasteiger charge is 2.31. The first-order valence-electron chi connectivity index (χ1n) is 12.4. The van der Waals surface area contributed by atoms with Crippen LogP contribution in [-0.4, -0.2) is 35.4 Å². The minimum Gasteiger partial charge on any atom is -0.483 e. The van der Waals surface area contributed by atoms with E-state index in [1.807, 2.05) is 86.6 Å². The average Bonchev–Trinajstić information content (AvgIpc) is 2.85. The Morgan fingerprint density at radius 2 is 1.59 bits per heavy atom. The third-order valence-corrected chi connectivity index (χ3v) is 7.03. The number of nitrogens with one attached hydrogen (secondary N) is 1. The van der Waals surface area contributed by atoms with Crippen molar-refractivity contribution in [1.29, 1.82) is 0 Å². The Hall–Kier alpha value is -2.64. The molecule has 0 radical (unpaired) electrons. The Bertz CT molecular complexity index is 1200. The van der Waals surface area contributed by atoms with E-state index in [0.717, 1.165) is 20.1 Å². The second-order valence-electron chi connectivity index (χ2n) is 9.65. The van der Waals surface area contributed by atoms with E-state index in [0.29, 0.717) is 18.1 Å². The number of halogens is 2. The van der Waals surface area contributed by atoms with Crippen LogP contribution >= 0.6 is 31.9 Å². The van der Waals surface area contributed by atoms with Crippen LogP contribution in [-0.2, 0) is 22.6 Å². The van der Waals surface area contributed by atoms with E-state index < -0.39 is 6.04 Å². The molecule has 0 unspecified atom stereocenters. The van der Waals surface area contributed by atoms with Crippen LogP contribution in [0.2, 0.25) is 0 Å². The zero-order valence-corrected chi connectivity index (χ0v) is 24.9. The molecule has 1 atom stereocenters. The molecule has 2 amide bonds. The van der Waals surface area contributed by atoms with Crippen molar-refractivity contribution in [3.05, 3.63) is 98.4 Å². The lowest BCUT2D eigenvalue weighted by atomic mass is 10.0. The summed E-state index contributed by atoms with van der Waals surface area (Å²) >= 11 is 7.08. The van der Waals surface area contributed by atoms with Gasteiger partial charge in [-0.2, -0.15) is 0 Å². The Morgan fingerprint density at radius 1 is 0.892 bits per heavy atom. The first kappa shape index (κ1) is 28.9. The maximum atomic E-state index is 13.7. The monoisotopic (exact) mass is 628 g/mol. The summed E-state index contributed by atoms with van der Waals surface area (Å²) in [5.74, 6) is 0.515. The maximum absolute atomic E-state index is 13.7. The van der Waals surface area contributed by atoms with Gasteiger partial charge < -0.3 is 15.0 Å². The standard InChI is InChI=1S/C30H34Br2N2O3/c1-20(2)24-13-14-28(26(32)17-24)37-19-29(35)34(18-23-11-8-12-25(31)15-23)27(30(36)33-21(3)4)16-22-9-6-5-7-10-22/h5-15,17,20-21,27H,16,18-19H2,1-4H3,(H,33,36)/t27-/m1/s1. The number of benzene rings is 3. The quantitative estimate of drug-likeness (QED) is 0.252. The number of carbonyl (C=O) groups is 2. The molecule has 0 fully saturated rings. The molecule has 0 spiro atoms. The smallest absolute Gasteiger partial charge is 0.261 e. The van der Waals surface area contributed by atoms with E-state index in [2.05, 4.69) is 51.0 Å². The Morgan fingerprint density at radius 3 is 2.22 bits per heavy atom. The van der Waals surface area contributed by atoms with E-state index in [4.69, 9.17) is 4.74 Å². The molecule has 0 aliphatic carbocycles. The molecular weight excluding hydrogens is 596 g/mol. The van der Waals surface area contributed by atoms with E-state index in [-0.39, 0.29) is 31.0 Å². The summed E-state index contributed by atoms with van der Waals surface area (Å²) in [4.78, 5) is 28.8. The molecule has 0 aliphatic heterocycles. The number of carbonyl (C=O) groups excluding carboxylic acids is 2. The number of amides is 2. The van der Waals surface area contributed by atoms with Gasteiger partial charge in [0.2, 0.25) is 5.91 Å². The van der Waals surface area contributed by atoms with E-state index >= 15 is 0 Å². The van der Waals surface area contributed by atoms with Gasteiger partial charge in [-0.3, -0.25) is 9.59 Å². The predicted octanol–water partition coefficient (Wildman–Crippen LogP) is 6.88. The summed E-state index contributed by atoms with van der Waals surface area (Å²) in [6.07, 6.45) is 0.395. The van der Waals surface area contributed by atoms with Crippen LogP contribution < -0.4 is 10.1 Å². The van der Waals surface area contributed by atoms with Crippen molar-refractivity contribution >= 4 is 43.7 Å². The van der Waals surface area contributed by atoms with Crippen LogP contribution in [0, 0.1) is 0 Å². The fourth-order valence-electron chi connectivity index (χ4n) is 3.98. The summed E-state index contributed by atoms with van der Waals surface area (Å²) < 4.78 is 7.66. The summed E-state index contributed by atoms with van der Waals surface area (Å²) in [6, 6.07) is 22.7. The normalized spacial score (nSPS) is 11.9. The van der Waals surface area contributed by atoms with Crippen LogP contribution in [0.5, 0.6) is 5.75 Å². The molecule has 0 saturated carbocycles. The molecule has 0 aromatic heterocycles. The van der Waals surface area contributed by atoms with Crippen molar-refractivity contribution in [3.63, 3.8) is 0 Å². The van der Waals surface area contributed by atoms with Crippen molar-refractivity contribution in [2.75, 3.05) is 6.61 Å². The summed E-state index contributed by atoms with van der Waals surface area (Å²) in [7, 11) is 0. The molecule has 1 N–H and O–H groups in total. The summed E-state index contributed by atoms with van der Waals surface area (Å²) in [6.45, 7) is 8.17. The van der Waals surface area contributed by atoms with Crippen molar-refractivity contribution in [3.8, 4) is 5.75 Å². The molecule has 0 heterocycles. The van der Waals surface area contributed by atoms with Crippen molar-refractivity contribution < 1.29 is 14.3 Å². The molecule has 3 aromatic carbocycles. The second kappa shape index (κ2) is 13.8. The van der Waals surface area contributed by atoms with Gasteiger partial charge in [-0.1, -0.05) is 78.3 Å². The van der Waals surface area contributed by atoms with E-state index in [1.165, 1.54) is 5.56 Å². The van der Waals surface area contributed by atoms with Crippen molar-refractivity contribution in [2.45, 2.75) is 58.7 Å². The van der Waals surface area contributed by atoms with Crippen LogP contribution in [0.4, 0.5) is 0 Å². The Labute approximate surface area is 236 Å². The van der Waals surface area contributed by atoms with Gasteiger partial charge >= 0.3 is 0 Å². The highest BCUT2D eigenvalue weighted by Crippen LogP contribution is 2.29. The van der Waals surface area contributed by atoms with Crippen LogP contribution in [0.1, 0.15) is 50.3 Å². The summed E-state index contributed by atoms with van der Waals surface area (Å²) in [5, 5.41) is 3.00. The molecule has 3 aromatic rings. The van der Waals surface area contributed by atoms with Crippen molar-refractivity contribution in [1.82, 2.24) is 10.2 Å². The molecule has 7 heteroatoms. The van der Waals surface area contributed by atoms with Gasteiger partial charge in [-0.05, 0) is 76.7 Å². The van der Waals surface area contributed by atoms with Gasteiger partial charge in [-0.15, -0.1) is 0 Å². The number of ether oxygens (including phenoxy) is 1. The average molecular weight is 630 g/mol. The van der Waals surface area contributed by atoms with Gasteiger partial charge in [-0.25, -0.2) is 0 Å². The molecular formula is C30H34Br2N2O3. The molecule has 37 heavy (non-hydrogen) atoms. The topological polar surface area (TPSA) is 58.6 Å². The van der Waals surface area contributed by atoms with Gasteiger partial charge in [0.15, 0.2) is 6.61 Å². The lowest BCUT2D eigenvalue weighted by Crippen LogP contribution is -2.52. The summed E-state index contributed by atoms with van der Waals surface area (Å²) in [5.41, 5.74) is 3.07. The first-order chi connectivity index (χ1) is 17.6. The second-order valence-corrected chi connectivity index (χ2v) is 11.4. The van der Waals surface area contributed by atoms with Gasteiger partial charge in [0.25, 0.3) is 5.91 Å². The van der Waals surface area contributed by atoms with Gasteiger partial charge in [0, 0.05) is 23.5 Å². The Kier molecular flexibility index (Phi) is 10.8. The molecule has 3 rings (SSSR count). The lowest BCUT2D eigenvalue weighted by Gasteiger charge is -2.32. The maximum Gasteiger partial charge on any atom is 0.261 e.